The van der Waals surface area contributed by atoms with Gasteiger partial charge in [-0.15, -0.1) is 0 Å². The lowest BCUT2D eigenvalue weighted by Crippen LogP contribution is -2.42. The molecule has 26 heavy (non-hydrogen) atoms. The Balaban J connectivity index is 1.49. The number of carbonyl (C=O) groups is 1. The van der Waals surface area contributed by atoms with Crippen LogP contribution in [0.15, 0.2) is 55.4 Å². The highest BCUT2D eigenvalue weighted by Crippen LogP contribution is 2.23. The van der Waals surface area contributed by atoms with Crippen LogP contribution in [0.25, 0.3) is 5.82 Å². The van der Waals surface area contributed by atoms with E-state index in [9.17, 15) is 4.79 Å². The van der Waals surface area contributed by atoms with E-state index in [1.54, 1.807) is 35.6 Å². The van der Waals surface area contributed by atoms with Crippen molar-refractivity contribution in [1.82, 2.24) is 24.4 Å². The summed E-state index contributed by atoms with van der Waals surface area (Å²) in [7, 11) is 0. The molecule has 3 aromatic heterocycles. The molecule has 0 radical (unpaired) electrons. The van der Waals surface area contributed by atoms with Gasteiger partial charge in [-0.25, -0.2) is 9.97 Å². The molecule has 132 valence electrons. The Bertz CT molecular complexity index is 893. The fraction of sp³-hybridized carbons (Fsp3) is 0.263. The molecule has 0 spiro atoms. The zero-order valence-electron chi connectivity index (χ0n) is 14.4. The van der Waals surface area contributed by atoms with Crippen molar-refractivity contribution in [2.75, 3.05) is 19.7 Å². The maximum absolute atomic E-state index is 12.8. The minimum absolute atomic E-state index is 0.0336. The smallest absolute Gasteiger partial charge is 0.255 e. The van der Waals surface area contributed by atoms with Crippen molar-refractivity contribution in [1.29, 1.82) is 0 Å². The van der Waals surface area contributed by atoms with Crippen LogP contribution < -0.4 is 0 Å². The molecule has 0 aromatic carbocycles. The van der Waals surface area contributed by atoms with Gasteiger partial charge in [0.2, 0.25) is 0 Å². The third-order valence-corrected chi connectivity index (χ3v) is 4.41. The topological polar surface area (TPSA) is 73.1 Å². The molecule has 1 saturated heterocycles. The summed E-state index contributed by atoms with van der Waals surface area (Å²) in [5, 5.41) is 0. The van der Waals surface area contributed by atoms with Crippen LogP contribution in [0.4, 0.5) is 0 Å². The van der Waals surface area contributed by atoms with E-state index >= 15 is 0 Å². The van der Waals surface area contributed by atoms with Gasteiger partial charge in [0.25, 0.3) is 5.91 Å². The van der Waals surface area contributed by atoms with E-state index in [0.29, 0.717) is 25.3 Å². The van der Waals surface area contributed by atoms with Crippen molar-refractivity contribution in [3.05, 3.63) is 72.2 Å². The number of morpholine rings is 1. The Morgan fingerprint density at radius 3 is 2.88 bits per heavy atom. The lowest BCUT2D eigenvalue weighted by molar-refractivity contribution is -0.0228. The molecule has 0 saturated carbocycles. The van der Waals surface area contributed by atoms with Crippen LogP contribution in [0.3, 0.4) is 0 Å². The van der Waals surface area contributed by atoms with Gasteiger partial charge in [0.05, 0.1) is 18.7 Å². The molecule has 4 rings (SSSR count). The van der Waals surface area contributed by atoms with Crippen LogP contribution in [0.2, 0.25) is 0 Å². The van der Waals surface area contributed by atoms with Crippen LogP contribution in [0.1, 0.15) is 27.7 Å². The summed E-state index contributed by atoms with van der Waals surface area (Å²) in [6.07, 6.45) is 8.43. The van der Waals surface area contributed by atoms with Crippen LogP contribution in [0, 0.1) is 6.92 Å². The Labute approximate surface area is 151 Å². The fourth-order valence-electron chi connectivity index (χ4n) is 3.05. The highest BCUT2D eigenvalue weighted by Gasteiger charge is 2.26. The van der Waals surface area contributed by atoms with E-state index in [1.807, 2.05) is 36.2 Å². The lowest BCUT2D eigenvalue weighted by Gasteiger charge is -2.33. The second kappa shape index (κ2) is 7.05. The normalized spacial score (nSPS) is 17.3. The molecule has 1 aliphatic heterocycles. The summed E-state index contributed by atoms with van der Waals surface area (Å²) in [4.78, 5) is 27.2. The van der Waals surface area contributed by atoms with Gasteiger partial charge in [0.15, 0.2) is 0 Å². The monoisotopic (exact) mass is 349 g/mol. The molecule has 7 nitrogen and oxygen atoms in total. The number of aryl methyl sites for hydroxylation is 1. The molecule has 3 aromatic rings. The number of amides is 1. The van der Waals surface area contributed by atoms with Gasteiger partial charge < -0.3 is 9.64 Å². The predicted molar refractivity (Wildman–Crippen MR) is 94.9 cm³/mol. The number of hydrogen-bond acceptors (Lipinski definition) is 5. The molecule has 1 amide bonds. The van der Waals surface area contributed by atoms with Crippen LogP contribution in [-0.2, 0) is 4.74 Å². The van der Waals surface area contributed by atoms with E-state index in [1.165, 1.54) is 0 Å². The van der Waals surface area contributed by atoms with Crippen LogP contribution in [0.5, 0.6) is 0 Å². The molecule has 0 N–H and O–H groups in total. The average Bonchev–Trinajstić information content (AvgIpc) is 3.22. The molecule has 1 atom stereocenters. The first-order valence-electron chi connectivity index (χ1n) is 8.48. The van der Waals surface area contributed by atoms with Crippen molar-refractivity contribution < 1.29 is 9.53 Å². The second-order valence-electron chi connectivity index (χ2n) is 6.22. The maximum Gasteiger partial charge on any atom is 0.255 e. The number of nitrogens with zero attached hydrogens (tertiary/aromatic N) is 5. The van der Waals surface area contributed by atoms with E-state index in [-0.39, 0.29) is 12.0 Å². The van der Waals surface area contributed by atoms with Gasteiger partial charge in [0.1, 0.15) is 18.2 Å². The zero-order chi connectivity index (χ0) is 17.9. The van der Waals surface area contributed by atoms with Crippen molar-refractivity contribution in [3.8, 4) is 5.82 Å². The van der Waals surface area contributed by atoms with E-state index in [4.69, 9.17) is 4.74 Å². The number of hydrogen-bond donors (Lipinski definition) is 0. The summed E-state index contributed by atoms with van der Waals surface area (Å²) < 4.78 is 7.65. The van der Waals surface area contributed by atoms with Crippen molar-refractivity contribution >= 4 is 5.91 Å². The standard InChI is InChI=1S/C19H19N5O2/c1-14-10-15(4-5-21-14)17-12-23(8-9-26-17)19(25)16-2-3-18(22-11-16)24-7-6-20-13-24/h2-7,10-11,13,17H,8-9,12H2,1H3. The van der Waals surface area contributed by atoms with Crippen LogP contribution in [-0.4, -0.2) is 50.0 Å². The number of ether oxygens (including phenoxy) is 1. The van der Waals surface area contributed by atoms with Crippen molar-refractivity contribution in [3.63, 3.8) is 0 Å². The number of imidazole rings is 1. The van der Waals surface area contributed by atoms with Crippen LogP contribution >= 0.6 is 0 Å². The Kier molecular flexibility index (Phi) is 4.45. The minimum atomic E-state index is -0.132. The molecule has 4 heterocycles. The molecule has 1 unspecified atom stereocenters. The molecule has 1 fully saturated rings. The van der Waals surface area contributed by atoms with Gasteiger partial charge in [-0.05, 0) is 36.8 Å². The fourth-order valence-corrected chi connectivity index (χ4v) is 3.05. The van der Waals surface area contributed by atoms with Gasteiger partial charge in [-0.3, -0.25) is 14.3 Å². The molecule has 1 aliphatic rings. The van der Waals surface area contributed by atoms with Crippen molar-refractivity contribution in [2.45, 2.75) is 13.0 Å². The average molecular weight is 349 g/mol. The minimum Gasteiger partial charge on any atom is -0.370 e. The van der Waals surface area contributed by atoms with Gasteiger partial charge in [-0.1, -0.05) is 0 Å². The summed E-state index contributed by atoms with van der Waals surface area (Å²) in [6, 6.07) is 7.55. The first-order valence-corrected chi connectivity index (χ1v) is 8.48. The Hall–Kier alpha value is -3.06. The van der Waals surface area contributed by atoms with E-state index in [2.05, 4.69) is 15.0 Å². The highest BCUT2D eigenvalue weighted by molar-refractivity contribution is 5.94. The molecule has 7 heteroatoms. The third kappa shape index (κ3) is 3.34. The number of pyridine rings is 2. The zero-order valence-corrected chi connectivity index (χ0v) is 14.4. The van der Waals surface area contributed by atoms with E-state index in [0.717, 1.165) is 17.1 Å². The lowest BCUT2D eigenvalue weighted by atomic mass is 10.1. The first kappa shape index (κ1) is 16.4. The highest BCUT2D eigenvalue weighted by atomic mass is 16.5. The quantitative estimate of drug-likeness (QED) is 0.725. The Morgan fingerprint density at radius 1 is 1.23 bits per heavy atom. The number of rotatable bonds is 3. The first-order chi connectivity index (χ1) is 12.7. The van der Waals surface area contributed by atoms with Gasteiger partial charge in [0, 0.05) is 37.0 Å². The Morgan fingerprint density at radius 2 is 2.15 bits per heavy atom. The number of aromatic nitrogens is 4. The predicted octanol–water partition coefficient (Wildman–Crippen LogP) is 2.18. The maximum atomic E-state index is 12.8. The van der Waals surface area contributed by atoms with Crippen molar-refractivity contribution in [2.24, 2.45) is 0 Å². The largest absolute Gasteiger partial charge is 0.370 e. The third-order valence-electron chi connectivity index (χ3n) is 4.41. The summed E-state index contributed by atoms with van der Waals surface area (Å²) in [5.74, 6) is 0.694. The summed E-state index contributed by atoms with van der Waals surface area (Å²) in [5.41, 5.74) is 2.55. The SMILES string of the molecule is Cc1cc(C2CN(C(=O)c3ccc(-n4ccnc4)nc3)CCO2)ccn1. The molecular weight excluding hydrogens is 330 g/mol. The van der Waals surface area contributed by atoms with Gasteiger partial charge in [-0.2, -0.15) is 0 Å². The molecular formula is C19H19N5O2. The summed E-state index contributed by atoms with van der Waals surface area (Å²) >= 11 is 0. The van der Waals surface area contributed by atoms with E-state index < -0.39 is 0 Å². The van der Waals surface area contributed by atoms with Gasteiger partial charge >= 0.3 is 0 Å². The molecule has 0 aliphatic carbocycles. The number of carbonyl (C=O) groups excluding carboxylic acids is 1. The summed E-state index contributed by atoms with van der Waals surface area (Å²) in [6.45, 7) is 3.55. The second-order valence-corrected chi connectivity index (χ2v) is 6.22. The molecule has 0 bridgehead atoms.